The maximum atomic E-state index is 13.2. The molecule has 6 aromatic carbocycles. The van der Waals surface area contributed by atoms with Gasteiger partial charge in [0.1, 0.15) is 17.8 Å². The lowest BCUT2D eigenvalue weighted by Gasteiger charge is -2.39. The predicted octanol–water partition coefficient (Wildman–Crippen LogP) is 22.6. The fourth-order valence-electron chi connectivity index (χ4n) is 17.2. The highest BCUT2D eigenvalue weighted by Crippen LogP contribution is 2.35. The van der Waals surface area contributed by atoms with Gasteiger partial charge in [-0.3, -0.25) is 33.8 Å². The first kappa shape index (κ1) is 116. The molecule has 6 aliphatic heterocycles. The molecule has 4 fully saturated rings. The van der Waals surface area contributed by atoms with E-state index in [1.807, 2.05) is 222 Å². The first-order valence-electron chi connectivity index (χ1n) is 47.5. The Labute approximate surface area is 797 Å². The number of amides is 8. The van der Waals surface area contributed by atoms with Crippen LogP contribution >= 0.6 is 0 Å². The Hall–Kier alpha value is -11.0. The molecule has 10 N–H and O–H groups in total. The number of rotatable bonds is 15. The van der Waals surface area contributed by atoms with Crippen LogP contribution in [0.5, 0.6) is 0 Å². The Morgan fingerprint density at radius 2 is 0.684 bits per heavy atom. The zero-order valence-corrected chi connectivity index (χ0v) is 79.8. The third-order valence-corrected chi connectivity index (χ3v) is 23.5. The molecule has 7 aliphatic rings. The maximum Gasteiger partial charge on any atom is 0.410 e. The Morgan fingerprint density at radius 3 is 1.02 bits per heavy atom. The molecule has 9 aromatic rings. The molecule has 25 heteroatoms. The van der Waals surface area contributed by atoms with Crippen molar-refractivity contribution in [3.05, 3.63) is 212 Å². The van der Waals surface area contributed by atoms with Crippen molar-refractivity contribution in [3.63, 3.8) is 0 Å². The molecule has 133 heavy (non-hydrogen) atoms. The third kappa shape index (κ3) is 33.0. The minimum atomic E-state index is -0.530. The van der Waals surface area contributed by atoms with Crippen LogP contribution in [0, 0.1) is 0 Å². The number of aromatic nitrogens is 3. The van der Waals surface area contributed by atoms with Gasteiger partial charge in [-0.05, 0) is 200 Å². The Kier molecular flexibility index (Phi) is 49.7. The third-order valence-electron chi connectivity index (χ3n) is 23.5. The minimum absolute atomic E-state index is 0. The van der Waals surface area contributed by atoms with Crippen LogP contribution in [0.15, 0.2) is 133 Å². The summed E-state index contributed by atoms with van der Waals surface area (Å²) >= 11 is 0. The van der Waals surface area contributed by atoms with Gasteiger partial charge in [-0.15, -0.1) is 0 Å². The van der Waals surface area contributed by atoms with Gasteiger partial charge in [0, 0.05) is 212 Å². The highest BCUT2D eigenvalue weighted by atomic mass is 16.6. The normalized spacial score (nSPS) is 15.5. The molecule has 0 unspecified atom stereocenters. The van der Waals surface area contributed by atoms with Crippen LogP contribution in [0.3, 0.4) is 0 Å². The van der Waals surface area contributed by atoms with Crippen molar-refractivity contribution in [1.82, 2.24) is 60.3 Å². The summed E-state index contributed by atoms with van der Waals surface area (Å²) in [5.41, 5.74) is 26.1. The summed E-state index contributed by atoms with van der Waals surface area (Å²) in [7, 11) is 0. The molecule has 9 heterocycles. The first-order chi connectivity index (χ1) is 61.7. The number of nitrogens with two attached hydrogens (primary N) is 2. The second kappa shape index (κ2) is 56.9. The molecule has 25 nitrogen and oxygen atoms in total. The fourth-order valence-corrected chi connectivity index (χ4v) is 17.2. The van der Waals surface area contributed by atoms with Gasteiger partial charge < -0.3 is 76.2 Å². The lowest BCUT2D eigenvalue weighted by atomic mass is 9.92. The average molecular weight is 1840 g/mol. The van der Waals surface area contributed by atoms with E-state index >= 15 is 0 Å². The molecule has 3 saturated heterocycles. The number of hydrogen-bond donors (Lipinski definition) is 8. The van der Waals surface area contributed by atoms with E-state index < -0.39 is 23.0 Å². The summed E-state index contributed by atoms with van der Waals surface area (Å²) in [5.74, 6) is -1.01. The van der Waals surface area contributed by atoms with Gasteiger partial charge >= 0.3 is 18.3 Å². The van der Waals surface area contributed by atoms with Crippen molar-refractivity contribution < 1.29 is 52.6 Å². The number of carbonyl (C=O) groups excluding carboxylic acids is 8. The number of likely N-dealkylation sites (tertiary alicyclic amines) is 3. The summed E-state index contributed by atoms with van der Waals surface area (Å²) in [5, 5.41) is 12.8. The topological polar surface area (TPSA) is 319 Å². The molecule has 0 bridgehead atoms. The average Bonchev–Trinajstić information content (AvgIpc) is 1.64. The van der Waals surface area contributed by atoms with E-state index in [1.165, 1.54) is 54.6 Å². The highest BCUT2D eigenvalue weighted by molar-refractivity contribution is 6.02. The lowest BCUT2D eigenvalue weighted by Crippen LogP contribution is -2.48. The largest absolute Gasteiger partial charge is 0.445 e. The molecule has 8 amide bonds. The zero-order chi connectivity index (χ0) is 93.4. The molecular formula is C108H168N14O11. The van der Waals surface area contributed by atoms with Crippen molar-refractivity contribution in [2.24, 2.45) is 11.5 Å². The van der Waals surface area contributed by atoms with E-state index in [4.69, 9.17) is 25.7 Å². The molecular weight excluding hydrogens is 1670 g/mol. The minimum Gasteiger partial charge on any atom is -0.445 e. The van der Waals surface area contributed by atoms with E-state index in [1.54, 1.807) is 39.0 Å². The van der Waals surface area contributed by atoms with Crippen LogP contribution in [-0.4, -0.2) is 186 Å². The molecule has 1 aliphatic carbocycles. The number of hydrogen-bond acceptors (Lipinski definition) is 14. The summed E-state index contributed by atoms with van der Waals surface area (Å²) in [6.45, 7) is 45.9. The quantitative estimate of drug-likeness (QED) is 0.0443. The van der Waals surface area contributed by atoms with Crippen molar-refractivity contribution in [2.45, 2.75) is 326 Å². The molecule has 0 radical (unpaired) electrons. The van der Waals surface area contributed by atoms with E-state index in [0.717, 1.165) is 150 Å². The standard InChI is InChI=1S/C31H39N5O2.C30H37N5O4.C30H36N4O5.6C2H6.5CH4/c32-30(37)22-8-6-21(7-9-22)19-35-15-14-29-27(20-35)26-18-23(10-11-28(26)34-29)31(38)33-24-12-16-36(17-13-24)25-4-2-1-3-5-25;1-30(2,3)39-29(38)35-14-10-22(11-15-35)32-28(37)21-8-9-25-23(16-21)24-18-34(13-12-26(24)33-25)17-19-4-6-20(7-5-19)27(31)36;1-30(2,3)39-29(37)33-14-11-22(12-15-33)31-27(35)21-9-10-25-23(17-21)24-18-34(16-13-26(24)32-25)28(36)38-19-20-7-5-4-6-8-20;6*1-2;;;;;/h6-11,18,24-25,34H,1-5,12-17,19-20H2,(H2,32,37)(H,33,38);4-9,16,22,33H,10-15,17-18H2,1-3H3,(H2,31,36)(H,32,37);4-10,17,22,32H,11-16,18-19H2,1-3H3,(H,31,35);6*1-2H3;5*1H4. The van der Waals surface area contributed by atoms with Gasteiger partial charge in [-0.25, -0.2) is 14.4 Å². The Morgan fingerprint density at radius 1 is 0.361 bits per heavy atom. The fraction of sp³-hybridized carbons (Fsp3) is 0.537. The van der Waals surface area contributed by atoms with Crippen LogP contribution in [0.4, 0.5) is 14.4 Å². The number of nitrogens with one attached hydrogen (secondary N) is 6. The van der Waals surface area contributed by atoms with Crippen LogP contribution in [-0.2, 0) is 72.8 Å². The second-order valence-corrected chi connectivity index (χ2v) is 34.3. The van der Waals surface area contributed by atoms with E-state index in [0.29, 0.717) is 93.6 Å². The van der Waals surface area contributed by atoms with Crippen molar-refractivity contribution in [2.75, 3.05) is 58.9 Å². The Bertz CT molecular complexity index is 5030. The maximum absolute atomic E-state index is 13.2. The number of nitrogens with zero attached hydrogens (tertiary/aromatic N) is 6. The SMILES string of the molecule is C.C.C.C.C.CC.CC.CC.CC.CC.CC.CC(C)(C)OC(=O)N1CCC(NC(=O)c2ccc3[nH]c4c(c3c2)CN(C(=O)OCc2ccccc2)CC4)CC1.CC(C)(C)OC(=O)N1CCC(NC(=O)c2ccc3[nH]c4c(c3c2)CN(Cc2ccc(C(N)=O)cc2)CC4)CC1.NC(=O)c1ccc(CN2CCc3[nH]c4ccc(C(=O)NC5CCN(C6CCCCC6)CC5)cc4c3C2)cc1. The number of aromatic amines is 3. The Balaban J connectivity index is 0.000000477. The van der Waals surface area contributed by atoms with E-state index in [2.05, 4.69) is 57.7 Å². The molecule has 0 spiro atoms. The zero-order valence-electron chi connectivity index (χ0n) is 79.8. The number of primary amides is 2. The molecule has 16 rings (SSSR count). The summed E-state index contributed by atoms with van der Waals surface area (Å²) in [6, 6.07) is 43.2. The summed E-state index contributed by atoms with van der Waals surface area (Å²) in [4.78, 5) is 123. The monoisotopic (exact) mass is 1840 g/mol. The highest BCUT2D eigenvalue weighted by Gasteiger charge is 2.34. The lowest BCUT2D eigenvalue weighted by molar-refractivity contribution is 0.0187. The van der Waals surface area contributed by atoms with Crippen LogP contribution < -0.4 is 27.4 Å². The van der Waals surface area contributed by atoms with Crippen LogP contribution in [0.1, 0.15) is 335 Å². The molecule has 0 atom stereocenters. The van der Waals surface area contributed by atoms with E-state index in [-0.39, 0.29) is 97.9 Å². The van der Waals surface area contributed by atoms with Gasteiger partial charge in [-0.1, -0.05) is 194 Å². The smallest absolute Gasteiger partial charge is 0.410 e. The number of H-pyrrole nitrogens is 3. The number of ether oxygens (including phenoxy) is 3. The summed E-state index contributed by atoms with van der Waals surface area (Å²) < 4.78 is 16.5. The van der Waals surface area contributed by atoms with Gasteiger partial charge in [0.2, 0.25) is 11.8 Å². The molecule has 736 valence electrons. The number of piperidine rings is 3. The predicted molar refractivity (Wildman–Crippen MR) is 548 cm³/mol. The van der Waals surface area contributed by atoms with Gasteiger partial charge in [0.25, 0.3) is 17.7 Å². The van der Waals surface area contributed by atoms with Crippen LogP contribution in [0.25, 0.3) is 32.7 Å². The molecule has 1 saturated carbocycles. The van der Waals surface area contributed by atoms with Crippen molar-refractivity contribution >= 4 is 80.5 Å². The number of fused-ring (bicyclic) bond motifs is 9. The number of carbonyl (C=O) groups is 8. The second-order valence-electron chi connectivity index (χ2n) is 34.3. The van der Waals surface area contributed by atoms with Crippen molar-refractivity contribution in [1.29, 1.82) is 0 Å². The summed E-state index contributed by atoms with van der Waals surface area (Å²) in [6.07, 6.45) is 13.2. The van der Waals surface area contributed by atoms with Gasteiger partial charge in [-0.2, -0.15) is 0 Å². The molecule has 3 aromatic heterocycles. The first-order valence-corrected chi connectivity index (χ1v) is 47.5. The van der Waals surface area contributed by atoms with Gasteiger partial charge in [0.15, 0.2) is 0 Å². The number of benzene rings is 6. The van der Waals surface area contributed by atoms with E-state index in [9.17, 15) is 38.4 Å². The van der Waals surface area contributed by atoms with Crippen molar-refractivity contribution in [3.8, 4) is 0 Å². The van der Waals surface area contributed by atoms with Gasteiger partial charge in [0.05, 0.1) is 6.54 Å². The van der Waals surface area contributed by atoms with Crippen LogP contribution in [0.2, 0.25) is 0 Å².